The van der Waals surface area contributed by atoms with Crippen LogP contribution in [0.3, 0.4) is 0 Å². The Balaban J connectivity index is 1.68. The maximum atomic E-state index is 3.62. The minimum Gasteiger partial charge on any atom is -0.313 e. The lowest BCUT2D eigenvalue weighted by molar-refractivity contribution is 0.708. The lowest BCUT2D eigenvalue weighted by atomic mass is 10.1. The van der Waals surface area contributed by atoms with E-state index in [0.717, 1.165) is 18.5 Å². The molecule has 1 nitrogen and oxygen atoms in total. The summed E-state index contributed by atoms with van der Waals surface area (Å²) in [7, 11) is 0. The Morgan fingerprint density at radius 1 is 1.33 bits per heavy atom. The Hall–Kier alpha value is -0.470. The molecule has 2 atom stereocenters. The second-order valence-electron chi connectivity index (χ2n) is 4.01. The molecule has 2 unspecified atom stereocenters. The van der Waals surface area contributed by atoms with Crippen molar-refractivity contribution in [3.8, 4) is 0 Å². The number of rotatable bonds is 6. The zero-order chi connectivity index (χ0) is 10.5. The van der Waals surface area contributed by atoms with Gasteiger partial charge < -0.3 is 5.32 Å². The second kappa shape index (κ2) is 5.57. The summed E-state index contributed by atoms with van der Waals surface area (Å²) in [4.78, 5) is 0. The molecular formula is C13H19NS. The van der Waals surface area contributed by atoms with E-state index in [2.05, 4.69) is 42.6 Å². The lowest BCUT2D eigenvalue weighted by Crippen LogP contribution is -2.20. The highest BCUT2D eigenvalue weighted by Crippen LogP contribution is 2.40. The number of thioether (sulfide) groups is 1. The third-order valence-electron chi connectivity index (χ3n) is 2.88. The van der Waals surface area contributed by atoms with E-state index in [1.54, 1.807) is 0 Å². The van der Waals surface area contributed by atoms with Gasteiger partial charge in [0.05, 0.1) is 0 Å². The van der Waals surface area contributed by atoms with Gasteiger partial charge in [-0.15, -0.1) is 0 Å². The summed E-state index contributed by atoms with van der Waals surface area (Å²) < 4.78 is 0. The normalized spacial score (nSPS) is 24.1. The minimum absolute atomic E-state index is 0.741. The summed E-state index contributed by atoms with van der Waals surface area (Å²) in [5.41, 5.74) is 1.50. The molecule has 1 fully saturated rings. The van der Waals surface area contributed by atoms with Gasteiger partial charge in [-0.2, -0.15) is 11.8 Å². The molecule has 0 amide bonds. The van der Waals surface area contributed by atoms with Crippen molar-refractivity contribution < 1.29 is 0 Å². The first-order valence-electron chi connectivity index (χ1n) is 5.78. The van der Waals surface area contributed by atoms with Gasteiger partial charge in [0.25, 0.3) is 0 Å². The number of nitrogens with one attached hydrogen (secondary N) is 1. The van der Waals surface area contributed by atoms with Crippen LogP contribution < -0.4 is 5.32 Å². The first-order valence-corrected chi connectivity index (χ1v) is 6.93. The molecule has 0 aliphatic heterocycles. The van der Waals surface area contributed by atoms with E-state index >= 15 is 0 Å². The lowest BCUT2D eigenvalue weighted by Gasteiger charge is -2.03. The van der Waals surface area contributed by atoms with Crippen LogP contribution >= 0.6 is 11.8 Å². The number of benzene rings is 1. The van der Waals surface area contributed by atoms with E-state index in [0.29, 0.717) is 0 Å². The summed E-state index contributed by atoms with van der Waals surface area (Å²) in [5, 5.41) is 3.62. The SMILES string of the molecule is CCSCCNC1CC1c1ccccc1. The van der Waals surface area contributed by atoms with Crippen LogP contribution in [0, 0.1) is 0 Å². The summed E-state index contributed by atoms with van der Waals surface area (Å²) in [6, 6.07) is 11.6. The van der Waals surface area contributed by atoms with E-state index in [4.69, 9.17) is 0 Å². The Kier molecular flexibility index (Phi) is 4.09. The predicted octanol–water partition coefficient (Wildman–Crippen LogP) is 2.89. The quantitative estimate of drug-likeness (QED) is 0.741. The third-order valence-corrected chi connectivity index (χ3v) is 3.78. The standard InChI is InChI=1S/C13H19NS/c1-2-15-9-8-14-13-10-12(13)11-6-4-3-5-7-11/h3-7,12-14H,2,8-10H2,1H3. The first-order chi connectivity index (χ1) is 7.42. The molecule has 1 N–H and O–H groups in total. The Labute approximate surface area is 96.7 Å². The highest BCUT2D eigenvalue weighted by Gasteiger charge is 2.37. The average Bonchev–Trinajstić information content (AvgIpc) is 3.05. The molecule has 0 heterocycles. The zero-order valence-corrected chi connectivity index (χ0v) is 10.1. The molecule has 2 rings (SSSR count). The molecular weight excluding hydrogens is 202 g/mol. The van der Waals surface area contributed by atoms with Gasteiger partial charge in [0.1, 0.15) is 0 Å². The van der Waals surface area contributed by atoms with Crippen LogP contribution in [0.5, 0.6) is 0 Å². The van der Waals surface area contributed by atoms with Crippen LogP contribution in [-0.4, -0.2) is 24.1 Å². The number of hydrogen-bond acceptors (Lipinski definition) is 2. The van der Waals surface area contributed by atoms with E-state index < -0.39 is 0 Å². The average molecular weight is 221 g/mol. The molecule has 1 aliphatic carbocycles. The number of hydrogen-bond donors (Lipinski definition) is 1. The van der Waals surface area contributed by atoms with Crippen molar-refractivity contribution in [1.82, 2.24) is 5.32 Å². The van der Waals surface area contributed by atoms with E-state index in [1.165, 1.54) is 23.5 Å². The van der Waals surface area contributed by atoms with Gasteiger partial charge in [-0.25, -0.2) is 0 Å². The van der Waals surface area contributed by atoms with Crippen LogP contribution in [0.2, 0.25) is 0 Å². The van der Waals surface area contributed by atoms with Crippen molar-refractivity contribution in [1.29, 1.82) is 0 Å². The molecule has 0 aromatic heterocycles. The van der Waals surface area contributed by atoms with Crippen molar-refractivity contribution in [3.05, 3.63) is 35.9 Å². The van der Waals surface area contributed by atoms with Gasteiger partial charge in [-0.3, -0.25) is 0 Å². The Morgan fingerprint density at radius 3 is 2.87 bits per heavy atom. The highest BCUT2D eigenvalue weighted by molar-refractivity contribution is 7.99. The second-order valence-corrected chi connectivity index (χ2v) is 5.40. The molecule has 1 aromatic rings. The fourth-order valence-corrected chi connectivity index (χ4v) is 2.50. The van der Waals surface area contributed by atoms with Gasteiger partial charge in [0, 0.05) is 24.3 Å². The van der Waals surface area contributed by atoms with Crippen molar-refractivity contribution >= 4 is 11.8 Å². The molecule has 1 saturated carbocycles. The Morgan fingerprint density at radius 2 is 2.13 bits per heavy atom. The van der Waals surface area contributed by atoms with Crippen LogP contribution in [0.1, 0.15) is 24.8 Å². The molecule has 0 spiro atoms. The third kappa shape index (κ3) is 3.25. The van der Waals surface area contributed by atoms with Crippen molar-refractivity contribution in [2.24, 2.45) is 0 Å². The summed E-state index contributed by atoms with van der Waals surface area (Å²) in [6.45, 7) is 3.38. The van der Waals surface area contributed by atoms with Gasteiger partial charge in [0.15, 0.2) is 0 Å². The van der Waals surface area contributed by atoms with E-state index in [1.807, 2.05) is 11.8 Å². The maximum Gasteiger partial charge on any atom is 0.0143 e. The van der Waals surface area contributed by atoms with Crippen LogP contribution in [0.4, 0.5) is 0 Å². The van der Waals surface area contributed by atoms with Gasteiger partial charge >= 0.3 is 0 Å². The topological polar surface area (TPSA) is 12.0 Å². The summed E-state index contributed by atoms with van der Waals surface area (Å²) in [6.07, 6.45) is 1.32. The fraction of sp³-hybridized carbons (Fsp3) is 0.538. The molecule has 15 heavy (non-hydrogen) atoms. The van der Waals surface area contributed by atoms with Crippen LogP contribution in [0.25, 0.3) is 0 Å². The van der Waals surface area contributed by atoms with Crippen molar-refractivity contribution in [2.75, 3.05) is 18.1 Å². The minimum atomic E-state index is 0.741. The van der Waals surface area contributed by atoms with Crippen molar-refractivity contribution in [2.45, 2.75) is 25.3 Å². The largest absolute Gasteiger partial charge is 0.313 e. The molecule has 82 valence electrons. The molecule has 0 saturated heterocycles. The molecule has 1 aliphatic rings. The van der Waals surface area contributed by atoms with Gasteiger partial charge in [-0.05, 0) is 17.7 Å². The monoisotopic (exact) mass is 221 g/mol. The first kappa shape index (κ1) is 11.0. The molecule has 1 aromatic carbocycles. The van der Waals surface area contributed by atoms with Gasteiger partial charge in [-0.1, -0.05) is 37.3 Å². The summed E-state index contributed by atoms with van der Waals surface area (Å²) in [5.74, 6) is 3.25. The van der Waals surface area contributed by atoms with Crippen molar-refractivity contribution in [3.63, 3.8) is 0 Å². The summed E-state index contributed by atoms with van der Waals surface area (Å²) >= 11 is 2.01. The zero-order valence-electron chi connectivity index (χ0n) is 9.28. The Bertz CT molecular complexity index is 286. The maximum absolute atomic E-state index is 3.62. The van der Waals surface area contributed by atoms with Crippen LogP contribution in [-0.2, 0) is 0 Å². The van der Waals surface area contributed by atoms with E-state index in [-0.39, 0.29) is 0 Å². The highest BCUT2D eigenvalue weighted by atomic mass is 32.2. The fourth-order valence-electron chi connectivity index (χ4n) is 1.95. The molecule has 2 heteroatoms. The molecule has 0 radical (unpaired) electrons. The smallest absolute Gasteiger partial charge is 0.0143 e. The predicted molar refractivity (Wildman–Crippen MR) is 68.6 cm³/mol. The van der Waals surface area contributed by atoms with E-state index in [9.17, 15) is 0 Å². The van der Waals surface area contributed by atoms with Gasteiger partial charge in [0.2, 0.25) is 0 Å². The molecule has 0 bridgehead atoms. The van der Waals surface area contributed by atoms with Crippen LogP contribution in [0.15, 0.2) is 30.3 Å².